The average molecular weight is 286 g/mol. The molecule has 3 rings (SSSR count). The molecule has 0 saturated heterocycles. The molecule has 1 aliphatic heterocycles. The summed E-state index contributed by atoms with van der Waals surface area (Å²) < 4.78 is 5.32. The van der Waals surface area contributed by atoms with E-state index in [4.69, 9.17) is 4.74 Å². The molecule has 0 spiro atoms. The maximum Gasteiger partial charge on any atom is 0.308 e. The smallest absolute Gasteiger partial charge is 0.308 e. The van der Waals surface area contributed by atoms with E-state index in [9.17, 15) is 4.79 Å². The zero-order valence-corrected chi connectivity index (χ0v) is 12.2. The van der Waals surface area contributed by atoms with Crippen molar-refractivity contribution in [3.63, 3.8) is 0 Å². The number of esters is 1. The molecule has 1 aromatic rings. The lowest BCUT2D eigenvalue weighted by molar-refractivity contribution is -0.131. The van der Waals surface area contributed by atoms with E-state index in [-0.39, 0.29) is 5.97 Å². The molecular formula is C15H18N4O2. The Bertz CT molecular complexity index is 649. The summed E-state index contributed by atoms with van der Waals surface area (Å²) in [4.78, 5) is 15.5. The lowest BCUT2D eigenvalue weighted by Gasteiger charge is -2.11. The van der Waals surface area contributed by atoms with Gasteiger partial charge < -0.3 is 10.1 Å². The van der Waals surface area contributed by atoms with Gasteiger partial charge >= 0.3 is 5.97 Å². The van der Waals surface area contributed by atoms with Gasteiger partial charge in [-0.15, -0.1) is 0 Å². The lowest BCUT2D eigenvalue weighted by Crippen LogP contribution is -2.30. The third kappa shape index (κ3) is 2.74. The van der Waals surface area contributed by atoms with Crippen LogP contribution in [-0.4, -0.2) is 30.7 Å². The van der Waals surface area contributed by atoms with Gasteiger partial charge in [-0.2, -0.15) is 5.10 Å². The van der Waals surface area contributed by atoms with Crippen molar-refractivity contribution >= 4 is 17.6 Å². The first-order valence-corrected chi connectivity index (χ1v) is 7.07. The summed E-state index contributed by atoms with van der Waals surface area (Å²) >= 11 is 0. The Labute approximate surface area is 123 Å². The van der Waals surface area contributed by atoms with Gasteiger partial charge in [0.05, 0.1) is 12.3 Å². The minimum Gasteiger partial charge on any atom is -0.426 e. The van der Waals surface area contributed by atoms with Crippen molar-refractivity contribution in [2.24, 2.45) is 10.1 Å². The number of hydrogen-bond acceptors (Lipinski definition) is 6. The normalized spacial score (nSPS) is 18.2. The largest absolute Gasteiger partial charge is 0.426 e. The summed E-state index contributed by atoms with van der Waals surface area (Å²) in [7, 11) is 0. The van der Waals surface area contributed by atoms with E-state index in [2.05, 4.69) is 27.8 Å². The van der Waals surface area contributed by atoms with Crippen LogP contribution in [0.5, 0.6) is 5.75 Å². The molecule has 1 heterocycles. The molecule has 0 bridgehead atoms. The summed E-state index contributed by atoms with van der Waals surface area (Å²) in [5.74, 6) is 0.960. The number of hydrazone groups is 1. The minimum absolute atomic E-state index is 0.318. The van der Waals surface area contributed by atoms with Crippen molar-refractivity contribution in [2.45, 2.75) is 26.7 Å². The van der Waals surface area contributed by atoms with Gasteiger partial charge in [-0.05, 0) is 37.0 Å². The highest BCUT2D eigenvalue weighted by molar-refractivity contribution is 6.07. The first-order chi connectivity index (χ1) is 10.1. The Kier molecular flexibility index (Phi) is 3.60. The fraction of sp³-hybridized carbons (Fsp3) is 0.400. The highest BCUT2D eigenvalue weighted by Gasteiger charge is 2.25. The van der Waals surface area contributed by atoms with E-state index in [0.717, 1.165) is 37.2 Å². The lowest BCUT2D eigenvalue weighted by atomic mass is 10.0. The number of carbonyl (C=O) groups is 1. The second-order valence-corrected chi connectivity index (χ2v) is 5.16. The van der Waals surface area contributed by atoms with Crippen LogP contribution in [0.15, 0.2) is 22.2 Å². The molecule has 6 nitrogen and oxygen atoms in total. The number of rotatable bonds is 2. The molecular weight excluding hydrogens is 268 g/mol. The van der Waals surface area contributed by atoms with Crippen molar-refractivity contribution in [2.75, 3.05) is 13.1 Å². The summed E-state index contributed by atoms with van der Waals surface area (Å²) in [6.45, 7) is 5.08. The van der Waals surface area contributed by atoms with E-state index in [1.807, 2.05) is 12.1 Å². The fourth-order valence-electron chi connectivity index (χ4n) is 2.68. The second-order valence-electron chi connectivity index (χ2n) is 5.16. The summed E-state index contributed by atoms with van der Waals surface area (Å²) in [5.41, 5.74) is 7.20. The highest BCUT2D eigenvalue weighted by Crippen LogP contribution is 2.33. The second kappa shape index (κ2) is 5.55. The Morgan fingerprint density at radius 3 is 3.00 bits per heavy atom. The molecule has 0 atom stereocenters. The van der Waals surface area contributed by atoms with E-state index in [1.165, 1.54) is 18.1 Å². The van der Waals surface area contributed by atoms with E-state index >= 15 is 0 Å². The predicted octanol–water partition coefficient (Wildman–Crippen LogP) is 1.12. The van der Waals surface area contributed by atoms with Crippen LogP contribution >= 0.6 is 0 Å². The third-order valence-corrected chi connectivity index (χ3v) is 3.63. The number of nitrogens with zero attached hydrogens (tertiary/aromatic N) is 2. The van der Waals surface area contributed by atoms with E-state index in [1.54, 1.807) is 0 Å². The number of carbonyl (C=O) groups excluding carboxylic acids is 1. The standard InChI is InChI=1S/C15H18N4O2/c1-9-3-6-13(21-10(2)20)14-11(9)4-5-12(14)18-19-15-16-7-8-17-15/h3,6H,4-5,7-8H2,1-2H3,(H2,16,17,19). The molecule has 6 heteroatoms. The van der Waals surface area contributed by atoms with Crippen LogP contribution in [0.3, 0.4) is 0 Å². The number of aryl methyl sites for hydroxylation is 1. The number of ether oxygens (including phenoxy) is 1. The molecule has 0 fully saturated rings. The Morgan fingerprint density at radius 2 is 2.29 bits per heavy atom. The average Bonchev–Trinajstić information content (AvgIpc) is 3.08. The molecule has 0 amide bonds. The molecule has 1 aromatic carbocycles. The Hall–Kier alpha value is -2.37. The molecule has 0 aromatic heterocycles. The maximum atomic E-state index is 11.3. The fourth-order valence-corrected chi connectivity index (χ4v) is 2.68. The summed E-state index contributed by atoms with van der Waals surface area (Å²) in [6.07, 6.45) is 1.74. The van der Waals surface area contributed by atoms with Gasteiger partial charge in [-0.25, -0.2) is 10.4 Å². The van der Waals surface area contributed by atoms with E-state index in [0.29, 0.717) is 11.7 Å². The summed E-state index contributed by atoms with van der Waals surface area (Å²) in [5, 5.41) is 7.55. The number of aliphatic imine (C=N–C) groups is 1. The van der Waals surface area contributed by atoms with Crippen molar-refractivity contribution in [3.8, 4) is 5.75 Å². The number of nitrogens with one attached hydrogen (secondary N) is 2. The zero-order chi connectivity index (χ0) is 14.8. The number of guanidine groups is 1. The maximum absolute atomic E-state index is 11.3. The van der Waals surface area contributed by atoms with Gasteiger partial charge in [0.2, 0.25) is 5.96 Å². The molecule has 0 saturated carbocycles. The van der Waals surface area contributed by atoms with Gasteiger partial charge in [0.1, 0.15) is 5.75 Å². The highest BCUT2D eigenvalue weighted by atomic mass is 16.5. The van der Waals surface area contributed by atoms with Gasteiger partial charge in [0.25, 0.3) is 0 Å². The van der Waals surface area contributed by atoms with Crippen LogP contribution < -0.4 is 15.5 Å². The van der Waals surface area contributed by atoms with Crippen molar-refractivity contribution in [1.29, 1.82) is 0 Å². The first-order valence-electron chi connectivity index (χ1n) is 7.07. The van der Waals surface area contributed by atoms with Gasteiger partial charge in [-0.1, -0.05) is 6.07 Å². The summed E-state index contributed by atoms with van der Waals surface area (Å²) in [6, 6.07) is 3.82. The zero-order valence-electron chi connectivity index (χ0n) is 12.2. The molecule has 0 unspecified atom stereocenters. The van der Waals surface area contributed by atoms with Crippen LogP contribution in [0.1, 0.15) is 30.0 Å². The topological polar surface area (TPSA) is 75.1 Å². The molecule has 0 radical (unpaired) electrons. The Balaban J connectivity index is 1.93. The van der Waals surface area contributed by atoms with Crippen LogP contribution in [0.4, 0.5) is 0 Å². The molecule has 110 valence electrons. The number of benzene rings is 1. The molecule has 21 heavy (non-hydrogen) atoms. The van der Waals surface area contributed by atoms with Crippen molar-refractivity contribution < 1.29 is 9.53 Å². The van der Waals surface area contributed by atoms with E-state index < -0.39 is 0 Å². The predicted molar refractivity (Wildman–Crippen MR) is 80.8 cm³/mol. The van der Waals surface area contributed by atoms with Crippen molar-refractivity contribution in [1.82, 2.24) is 10.7 Å². The molecule has 2 aliphatic rings. The minimum atomic E-state index is -0.318. The van der Waals surface area contributed by atoms with Crippen LogP contribution in [0.25, 0.3) is 0 Å². The number of hydrogen-bond donors (Lipinski definition) is 2. The van der Waals surface area contributed by atoms with Gasteiger partial charge in [0, 0.05) is 19.0 Å². The number of fused-ring (bicyclic) bond motifs is 1. The van der Waals surface area contributed by atoms with Crippen molar-refractivity contribution in [3.05, 3.63) is 28.8 Å². The first kappa shape index (κ1) is 13.6. The Morgan fingerprint density at radius 1 is 1.43 bits per heavy atom. The molecule has 1 aliphatic carbocycles. The van der Waals surface area contributed by atoms with Gasteiger partial charge in [0.15, 0.2) is 0 Å². The van der Waals surface area contributed by atoms with Crippen LogP contribution in [0, 0.1) is 6.92 Å². The molecule has 2 N–H and O–H groups in total. The van der Waals surface area contributed by atoms with Crippen LogP contribution in [-0.2, 0) is 11.2 Å². The van der Waals surface area contributed by atoms with Crippen LogP contribution in [0.2, 0.25) is 0 Å². The monoisotopic (exact) mass is 286 g/mol. The van der Waals surface area contributed by atoms with Gasteiger partial charge in [-0.3, -0.25) is 4.79 Å². The quantitative estimate of drug-likeness (QED) is 0.485. The third-order valence-electron chi connectivity index (χ3n) is 3.63. The SMILES string of the molecule is CC(=O)Oc1ccc(C)c2c1C(=NNC1=NCCN1)CC2.